The van der Waals surface area contributed by atoms with Crippen molar-refractivity contribution in [3.63, 3.8) is 0 Å². The number of alkyl halides is 3. The fourth-order valence-electron chi connectivity index (χ4n) is 3.72. The summed E-state index contributed by atoms with van der Waals surface area (Å²) in [6.07, 6.45) is 0.912. The van der Waals surface area contributed by atoms with E-state index in [0.29, 0.717) is 29.6 Å². The molecule has 28 heavy (non-hydrogen) atoms. The molecule has 0 radical (unpaired) electrons. The molecule has 0 aromatic carbocycles. The maximum absolute atomic E-state index is 12.6. The minimum Gasteiger partial charge on any atom is -0.480 e. The van der Waals surface area contributed by atoms with E-state index in [0.717, 1.165) is 18.4 Å². The Balaban J connectivity index is 1.93. The zero-order valence-electron chi connectivity index (χ0n) is 16.2. The molecule has 0 aliphatic heterocycles. The van der Waals surface area contributed by atoms with E-state index in [9.17, 15) is 18.3 Å². The quantitative estimate of drug-likeness (QED) is 0.786. The summed E-state index contributed by atoms with van der Waals surface area (Å²) in [6.45, 7) is 3.28. The van der Waals surface area contributed by atoms with Crippen LogP contribution in [-0.4, -0.2) is 45.0 Å². The number of nitrogens with one attached hydrogen (secondary N) is 1. The number of pyridine rings is 1. The van der Waals surface area contributed by atoms with Gasteiger partial charge in [0, 0.05) is 24.0 Å². The average molecular weight is 398 g/mol. The highest BCUT2D eigenvalue weighted by atomic mass is 19.4. The highest BCUT2D eigenvalue weighted by Crippen LogP contribution is 2.40. The van der Waals surface area contributed by atoms with E-state index in [-0.39, 0.29) is 11.9 Å². The number of rotatable bonds is 5. The molecule has 9 heteroatoms. The Morgan fingerprint density at radius 1 is 1.29 bits per heavy atom. The third kappa shape index (κ3) is 4.81. The first-order valence-corrected chi connectivity index (χ1v) is 9.33. The van der Waals surface area contributed by atoms with Crippen molar-refractivity contribution < 1.29 is 23.0 Å². The number of aliphatic hydroxyl groups is 1. The molecular weight excluding hydrogens is 373 g/mol. The number of halogens is 3. The summed E-state index contributed by atoms with van der Waals surface area (Å²) in [7, 11) is 1.50. The van der Waals surface area contributed by atoms with Crippen LogP contribution in [-0.2, 0) is 0 Å². The Labute approximate surface area is 161 Å². The summed E-state index contributed by atoms with van der Waals surface area (Å²) in [5, 5.41) is 13.6. The highest BCUT2D eigenvalue weighted by Gasteiger charge is 2.32. The number of hydrogen-bond donors (Lipinski definition) is 2. The van der Waals surface area contributed by atoms with Crippen molar-refractivity contribution in [1.82, 2.24) is 15.0 Å². The number of methoxy groups -OCH3 is 1. The lowest BCUT2D eigenvalue weighted by molar-refractivity contribution is -0.136. The van der Waals surface area contributed by atoms with Gasteiger partial charge in [-0.1, -0.05) is 0 Å². The van der Waals surface area contributed by atoms with Crippen molar-refractivity contribution in [3.8, 4) is 5.88 Å². The van der Waals surface area contributed by atoms with Crippen LogP contribution in [0.2, 0.25) is 0 Å². The van der Waals surface area contributed by atoms with Gasteiger partial charge in [-0.05, 0) is 45.4 Å². The van der Waals surface area contributed by atoms with E-state index in [1.54, 1.807) is 6.20 Å². The summed E-state index contributed by atoms with van der Waals surface area (Å²) in [4.78, 5) is 13.0. The van der Waals surface area contributed by atoms with Gasteiger partial charge in [-0.15, -0.1) is 0 Å². The molecule has 1 aliphatic rings. The fourth-order valence-corrected chi connectivity index (χ4v) is 3.72. The second-order valence-corrected chi connectivity index (χ2v) is 7.81. The van der Waals surface area contributed by atoms with Gasteiger partial charge < -0.3 is 15.2 Å². The lowest BCUT2D eigenvalue weighted by atomic mass is 9.77. The maximum atomic E-state index is 12.6. The Kier molecular flexibility index (Phi) is 5.65. The first-order chi connectivity index (χ1) is 13.1. The van der Waals surface area contributed by atoms with E-state index in [2.05, 4.69) is 20.3 Å². The third-order valence-electron chi connectivity index (χ3n) is 5.22. The predicted octanol–water partition coefficient (Wildman–Crippen LogP) is 4.19. The van der Waals surface area contributed by atoms with Crippen LogP contribution >= 0.6 is 0 Å². The second kappa shape index (κ2) is 7.69. The molecule has 2 N–H and O–H groups in total. The molecular formula is C19H25F3N4O2. The van der Waals surface area contributed by atoms with E-state index < -0.39 is 24.2 Å². The molecule has 1 saturated carbocycles. The van der Waals surface area contributed by atoms with Crippen LogP contribution in [0.25, 0.3) is 10.9 Å². The monoisotopic (exact) mass is 398 g/mol. The van der Waals surface area contributed by atoms with E-state index in [1.165, 1.54) is 20.2 Å². The molecule has 1 fully saturated rings. The number of ether oxygens (including phenoxy) is 1. The summed E-state index contributed by atoms with van der Waals surface area (Å²) < 4.78 is 43.1. The molecule has 1 aliphatic carbocycles. The fraction of sp³-hybridized carbons (Fsp3) is 0.632. The predicted molar refractivity (Wildman–Crippen MR) is 99.5 cm³/mol. The van der Waals surface area contributed by atoms with Crippen LogP contribution in [0.15, 0.2) is 12.4 Å². The van der Waals surface area contributed by atoms with E-state index in [4.69, 9.17) is 4.74 Å². The molecule has 3 rings (SSSR count). The van der Waals surface area contributed by atoms with Crippen LogP contribution in [0, 0.1) is 0 Å². The minimum absolute atomic E-state index is 0.140. The van der Waals surface area contributed by atoms with Gasteiger partial charge in [-0.2, -0.15) is 13.2 Å². The standard InChI is InChI=1S/C19H25F3N4O2/c1-11(8-19(20,21)22)25-17-24-10-14-15(26-17)13(9-23-16(14)28-3)12-4-6-18(2,27)7-5-12/h9-12,27H,4-8H2,1-3H3,(H,24,25,26)/t11-,12-,18+/m0/s1. The Bertz CT molecular complexity index is 832. The number of anilines is 1. The van der Waals surface area contributed by atoms with Crippen LogP contribution in [0.3, 0.4) is 0 Å². The van der Waals surface area contributed by atoms with Crippen molar-refractivity contribution in [2.24, 2.45) is 0 Å². The molecule has 1 atom stereocenters. The van der Waals surface area contributed by atoms with Crippen LogP contribution in [0.4, 0.5) is 19.1 Å². The summed E-state index contributed by atoms with van der Waals surface area (Å²) in [6, 6.07) is -0.852. The number of fused-ring (bicyclic) bond motifs is 1. The molecule has 0 spiro atoms. The molecule has 2 heterocycles. The van der Waals surface area contributed by atoms with Crippen LogP contribution < -0.4 is 10.1 Å². The number of aromatic nitrogens is 3. The zero-order valence-corrected chi connectivity index (χ0v) is 16.2. The number of nitrogens with zero attached hydrogens (tertiary/aromatic N) is 3. The zero-order chi connectivity index (χ0) is 20.5. The second-order valence-electron chi connectivity index (χ2n) is 7.81. The van der Waals surface area contributed by atoms with Gasteiger partial charge in [0.2, 0.25) is 11.8 Å². The SMILES string of the molecule is COc1ncc([C@H]2CC[C@@](C)(O)CC2)c2nc(N[C@@H](C)CC(F)(F)F)ncc12. The average Bonchev–Trinajstić information content (AvgIpc) is 2.59. The Morgan fingerprint density at radius 2 is 1.96 bits per heavy atom. The van der Waals surface area contributed by atoms with E-state index >= 15 is 0 Å². The molecule has 2 aromatic heterocycles. The first-order valence-electron chi connectivity index (χ1n) is 9.33. The molecule has 154 valence electrons. The van der Waals surface area contributed by atoms with Crippen LogP contribution in [0.5, 0.6) is 5.88 Å². The van der Waals surface area contributed by atoms with Gasteiger partial charge >= 0.3 is 6.18 Å². The van der Waals surface area contributed by atoms with Gasteiger partial charge in [0.25, 0.3) is 0 Å². The highest BCUT2D eigenvalue weighted by molar-refractivity contribution is 5.86. The van der Waals surface area contributed by atoms with Crippen molar-refractivity contribution in [2.45, 2.75) is 69.7 Å². The normalized spacial score (nSPS) is 24.2. The van der Waals surface area contributed by atoms with Crippen LogP contribution in [0.1, 0.15) is 57.4 Å². The Hall–Kier alpha value is -2.16. The van der Waals surface area contributed by atoms with Gasteiger partial charge in [0.05, 0.1) is 30.0 Å². The molecule has 0 saturated heterocycles. The van der Waals surface area contributed by atoms with Crippen molar-refractivity contribution in [3.05, 3.63) is 18.0 Å². The molecule has 0 bridgehead atoms. The maximum Gasteiger partial charge on any atom is 0.391 e. The van der Waals surface area contributed by atoms with E-state index in [1.807, 2.05) is 6.92 Å². The minimum atomic E-state index is -4.26. The van der Waals surface area contributed by atoms with Gasteiger partial charge in [-0.3, -0.25) is 0 Å². The Morgan fingerprint density at radius 3 is 2.57 bits per heavy atom. The van der Waals surface area contributed by atoms with Crippen molar-refractivity contribution in [1.29, 1.82) is 0 Å². The third-order valence-corrected chi connectivity index (χ3v) is 5.22. The lowest BCUT2D eigenvalue weighted by Crippen LogP contribution is -2.29. The topological polar surface area (TPSA) is 80.2 Å². The molecule has 2 aromatic rings. The summed E-state index contributed by atoms with van der Waals surface area (Å²) in [5.74, 6) is 0.675. The van der Waals surface area contributed by atoms with Gasteiger partial charge in [0.1, 0.15) is 0 Å². The first kappa shape index (κ1) is 20.6. The van der Waals surface area contributed by atoms with Gasteiger partial charge in [-0.25, -0.2) is 15.0 Å². The summed E-state index contributed by atoms with van der Waals surface area (Å²) >= 11 is 0. The largest absolute Gasteiger partial charge is 0.480 e. The summed E-state index contributed by atoms with van der Waals surface area (Å²) in [5.41, 5.74) is 0.858. The van der Waals surface area contributed by atoms with Gasteiger partial charge in [0.15, 0.2) is 0 Å². The lowest BCUT2D eigenvalue weighted by Gasteiger charge is -2.33. The van der Waals surface area contributed by atoms with Crippen molar-refractivity contribution >= 4 is 16.9 Å². The number of hydrogen-bond acceptors (Lipinski definition) is 6. The molecule has 0 unspecified atom stereocenters. The molecule has 6 nitrogen and oxygen atoms in total. The smallest absolute Gasteiger partial charge is 0.391 e. The molecule has 0 amide bonds. The van der Waals surface area contributed by atoms with Crippen molar-refractivity contribution in [2.75, 3.05) is 12.4 Å².